The van der Waals surface area contributed by atoms with Crippen molar-refractivity contribution in [2.45, 2.75) is 13.5 Å². The molecule has 2 heteroatoms. The van der Waals surface area contributed by atoms with Gasteiger partial charge in [-0.05, 0) is 18.6 Å². The van der Waals surface area contributed by atoms with Gasteiger partial charge in [-0.1, -0.05) is 30.8 Å². The van der Waals surface area contributed by atoms with E-state index in [0.717, 1.165) is 5.56 Å². The Bertz CT molecular complexity index is 301. The summed E-state index contributed by atoms with van der Waals surface area (Å²) in [5, 5.41) is 0. The van der Waals surface area contributed by atoms with E-state index in [1.54, 1.807) is 19.1 Å². The average Bonchev–Trinajstić information content (AvgIpc) is 2.15. The summed E-state index contributed by atoms with van der Waals surface area (Å²) in [6.07, 6.45) is 0. The van der Waals surface area contributed by atoms with Gasteiger partial charge in [-0.3, -0.25) is 0 Å². The zero-order valence-electron chi connectivity index (χ0n) is 7.54. The monoisotopic (exact) mass is 175 g/mol. The molecule has 0 fully saturated rings. The molecule has 0 spiro atoms. The molecule has 1 radical (unpaired) electrons. The van der Waals surface area contributed by atoms with E-state index < -0.39 is 0 Å². The van der Waals surface area contributed by atoms with E-state index in [1.165, 1.54) is 0 Å². The number of benzene rings is 1. The summed E-state index contributed by atoms with van der Waals surface area (Å²) in [5.74, 6) is -0.354. The highest BCUT2D eigenvalue weighted by atomic mass is 16.5. The lowest BCUT2D eigenvalue weighted by Crippen LogP contribution is -2.04. The number of hydrogen-bond donors (Lipinski definition) is 0. The maximum Gasteiger partial charge on any atom is 0.333 e. The minimum Gasteiger partial charge on any atom is -0.457 e. The first kappa shape index (κ1) is 9.52. The predicted molar refractivity (Wildman–Crippen MR) is 49.9 cm³/mol. The SMILES string of the molecule is C=C(C)C(=O)OCc1cc[c]cc1. The van der Waals surface area contributed by atoms with Crippen LogP contribution >= 0.6 is 0 Å². The van der Waals surface area contributed by atoms with E-state index in [9.17, 15) is 4.79 Å². The van der Waals surface area contributed by atoms with Crippen molar-refractivity contribution < 1.29 is 9.53 Å². The number of carbonyl (C=O) groups excluding carboxylic acids is 1. The van der Waals surface area contributed by atoms with Gasteiger partial charge in [0.15, 0.2) is 0 Å². The quantitative estimate of drug-likeness (QED) is 0.519. The van der Waals surface area contributed by atoms with Gasteiger partial charge >= 0.3 is 5.97 Å². The van der Waals surface area contributed by atoms with Gasteiger partial charge in [0.05, 0.1) is 0 Å². The van der Waals surface area contributed by atoms with Crippen molar-refractivity contribution in [1.29, 1.82) is 0 Å². The lowest BCUT2D eigenvalue weighted by molar-refractivity contribution is -0.140. The van der Waals surface area contributed by atoms with Crippen molar-refractivity contribution >= 4 is 5.97 Å². The molecule has 0 unspecified atom stereocenters. The molecule has 67 valence electrons. The van der Waals surface area contributed by atoms with Crippen molar-refractivity contribution in [3.05, 3.63) is 48.0 Å². The van der Waals surface area contributed by atoms with E-state index in [-0.39, 0.29) is 5.97 Å². The fraction of sp³-hybridized carbons (Fsp3) is 0.182. The molecule has 1 aromatic rings. The Morgan fingerprint density at radius 3 is 2.69 bits per heavy atom. The van der Waals surface area contributed by atoms with Gasteiger partial charge < -0.3 is 4.74 Å². The standard InChI is InChI=1S/C11H11O2/c1-9(2)11(12)13-8-10-6-4-3-5-7-10/h4-7H,1,8H2,2H3. The summed E-state index contributed by atoms with van der Waals surface area (Å²) >= 11 is 0. The van der Waals surface area contributed by atoms with Gasteiger partial charge in [0, 0.05) is 5.57 Å². The first-order valence-electron chi connectivity index (χ1n) is 3.98. The molecule has 0 bridgehead atoms. The van der Waals surface area contributed by atoms with E-state index in [1.807, 2.05) is 12.1 Å². The van der Waals surface area contributed by atoms with Crippen molar-refractivity contribution in [3.8, 4) is 0 Å². The van der Waals surface area contributed by atoms with Gasteiger partial charge in [-0.15, -0.1) is 0 Å². The second-order valence-electron chi connectivity index (χ2n) is 2.76. The van der Waals surface area contributed by atoms with Gasteiger partial charge in [-0.25, -0.2) is 4.79 Å². The van der Waals surface area contributed by atoms with Gasteiger partial charge in [0.25, 0.3) is 0 Å². The largest absolute Gasteiger partial charge is 0.457 e. The predicted octanol–water partition coefficient (Wildman–Crippen LogP) is 2.11. The van der Waals surface area contributed by atoms with E-state index in [0.29, 0.717) is 12.2 Å². The van der Waals surface area contributed by atoms with Crippen molar-refractivity contribution in [2.24, 2.45) is 0 Å². The third kappa shape index (κ3) is 3.11. The summed E-state index contributed by atoms with van der Waals surface area (Å²) in [6.45, 7) is 5.40. The fourth-order valence-corrected chi connectivity index (χ4v) is 0.790. The van der Waals surface area contributed by atoms with Crippen LogP contribution in [0.15, 0.2) is 36.4 Å². The van der Waals surface area contributed by atoms with Crippen LogP contribution in [0.1, 0.15) is 12.5 Å². The normalized spacial score (nSPS) is 9.31. The Hall–Kier alpha value is -1.57. The van der Waals surface area contributed by atoms with Crippen LogP contribution in [0.4, 0.5) is 0 Å². The van der Waals surface area contributed by atoms with E-state index in [2.05, 4.69) is 12.6 Å². The number of rotatable bonds is 3. The van der Waals surface area contributed by atoms with Crippen LogP contribution in [0.5, 0.6) is 0 Å². The third-order valence-corrected chi connectivity index (χ3v) is 1.51. The number of hydrogen-bond acceptors (Lipinski definition) is 2. The summed E-state index contributed by atoms with van der Waals surface area (Å²) in [7, 11) is 0. The van der Waals surface area contributed by atoms with Crippen molar-refractivity contribution in [2.75, 3.05) is 0 Å². The molecule has 0 saturated heterocycles. The van der Waals surface area contributed by atoms with Crippen molar-refractivity contribution in [1.82, 2.24) is 0 Å². The maximum absolute atomic E-state index is 11.0. The summed E-state index contributed by atoms with van der Waals surface area (Å²) in [5.41, 5.74) is 1.37. The topological polar surface area (TPSA) is 26.3 Å². The van der Waals surface area contributed by atoms with Crippen LogP contribution in [-0.2, 0) is 16.1 Å². The molecular formula is C11H11O2. The minimum absolute atomic E-state index is 0.292. The highest BCUT2D eigenvalue weighted by Gasteiger charge is 2.02. The van der Waals surface area contributed by atoms with Gasteiger partial charge in [0.2, 0.25) is 0 Å². The van der Waals surface area contributed by atoms with E-state index in [4.69, 9.17) is 4.74 Å². The van der Waals surface area contributed by atoms with Gasteiger partial charge in [-0.2, -0.15) is 0 Å². The Labute approximate surface area is 77.8 Å². The molecule has 0 heterocycles. The number of esters is 1. The molecule has 0 aliphatic rings. The number of carbonyl (C=O) groups is 1. The zero-order chi connectivity index (χ0) is 9.68. The Morgan fingerprint density at radius 1 is 1.54 bits per heavy atom. The Kier molecular flexibility index (Phi) is 3.26. The van der Waals surface area contributed by atoms with Crippen molar-refractivity contribution in [3.63, 3.8) is 0 Å². The molecule has 0 aliphatic heterocycles. The average molecular weight is 175 g/mol. The molecule has 13 heavy (non-hydrogen) atoms. The van der Waals surface area contributed by atoms with Crippen LogP contribution in [0.2, 0.25) is 0 Å². The molecule has 0 saturated carbocycles. The summed E-state index contributed by atoms with van der Waals surface area (Å²) in [6, 6.07) is 10.2. The molecule has 0 atom stereocenters. The zero-order valence-corrected chi connectivity index (χ0v) is 7.54. The second kappa shape index (κ2) is 4.45. The fourth-order valence-electron chi connectivity index (χ4n) is 0.790. The van der Waals surface area contributed by atoms with Gasteiger partial charge in [0.1, 0.15) is 6.61 Å². The second-order valence-corrected chi connectivity index (χ2v) is 2.76. The summed E-state index contributed by atoms with van der Waals surface area (Å²) in [4.78, 5) is 11.0. The lowest BCUT2D eigenvalue weighted by atomic mass is 10.2. The molecule has 0 aliphatic carbocycles. The highest BCUT2D eigenvalue weighted by molar-refractivity contribution is 5.86. The Balaban J connectivity index is 2.44. The van der Waals surface area contributed by atoms with Crippen LogP contribution in [0.3, 0.4) is 0 Å². The lowest BCUT2D eigenvalue weighted by Gasteiger charge is -2.03. The summed E-state index contributed by atoms with van der Waals surface area (Å²) < 4.78 is 4.94. The highest BCUT2D eigenvalue weighted by Crippen LogP contribution is 2.02. The molecule has 2 nitrogen and oxygen atoms in total. The molecular weight excluding hydrogens is 164 g/mol. The van der Waals surface area contributed by atoms with Crippen LogP contribution in [0, 0.1) is 6.07 Å². The first-order valence-corrected chi connectivity index (χ1v) is 3.98. The maximum atomic E-state index is 11.0. The molecule has 1 rings (SSSR count). The third-order valence-electron chi connectivity index (χ3n) is 1.51. The molecule has 1 aromatic carbocycles. The first-order chi connectivity index (χ1) is 6.20. The molecule has 0 N–H and O–H groups in total. The van der Waals surface area contributed by atoms with Crippen LogP contribution in [0.25, 0.3) is 0 Å². The number of ether oxygens (including phenoxy) is 1. The molecule has 0 amide bonds. The molecule has 0 aromatic heterocycles. The smallest absolute Gasteiger partial charge is 0.333 e. The Morgan fingerprint density at radius 2 is 2.15 bits per heavy atom. The van der Waals surface area contributed by atoms with Crippen LogP contribution < -0.4 is 0 Å². The van der Waals surface area contributed by atoms with E-state index >= 15 is 0 Å². The minimum atomic E-state index is -0.354. The van der Waals surface area contributed by atoms with Crippen LogP contribution in [-0.4, -0.2) is 5.97 Å².